The molecule has 0 aromatic heterocycles. The first-order valence-corrected chi connectivity index (χ1v) is 7.93. The van der Waals surface area contributed by atoms with E-state index in [-0.39, 0.29) is 17.9 Å². The molecule has 0 bridgehead atoms. The average Bonchev–Trinajstić information content (AvgIpc) is 2.97. The Balaban J connectivity index is 1.73. The minimum atomic E-state index is -0.985. The monoisotopic (exact) mass is 368 g/mol. The van der Waals surface area contributed by atoms with Crippen molar-refractivity contribution in [1.29, 1.82) is 0 Å². The lowest BCUT2D eigenvalue weighted by molar-refractivity contribution is -0.115. The van der Waals surface area contributed by atoms with Gasteiger partial charge < -0.3 is 19.9 Å². The third-order valence-corrected chi connectivity index (χ3v) is 3.81. The summed E-state index contributed by atoms with van der Waals surface area (Å²) in [5.41, 5.74) is 1.81. The maximum absolute atomic E-state index is 11.6. The van der Waals surface area contributed by atoms with E-state index in [1.54, 1.807) is 30.3 Å². The van der Waals surface area contributed by atoms with E-state index in [4.69, 9.17) is 14.6 Å². The molecule has 8 heteroatoms. The van der Waals surface area contributed by atoms with Crippen molar-refractivity contribution < 1.29 is 29.0 Å². The van der Waals surface area contributed by atoms with Crippen LogP contribution in [0.15, 0.2) is 48.2 Å². The lowest BCUT2D eigenvalue weighted by Crippen LogP contribution is -2.22. The van der Waals surface area contributed by atoms with E-state index in [0.29, 0.717) is 17.1 Å². The fourth-order valence-electron chi connectivity index (χ4n) is 2.45. The topological polar surface area (TPSA) is 114 Å². The number of carboxylic acids is 1. The highest BCUT2D eigenvalue weighted by Gasteiger charge is 2.22. The van der Waals surface area contributed by atoms with Crippen LogP contribution in [0.4, 0.5) is 4.79 Å². The lowest BCUT2D eigenvalue weighted by atomic mass is 10.1. The van der Waals surface area contributed by atoms with Crippen LogP contribution >= 0.6 is 0 Å². The molecular weight excluding hydrogens is 352 g/mol. The predicted octanol–water partition coefficient (Wildman–Crippen LogP) is 2.15. The van der Waals surface area contributed by atoms with Crippen LogP contribution < -0.4 is 20.1 Å². The summed E-state index contributed by atoms with van der Waals surface area (Å²) in [4.78, 5) is 33.6. The summed E-state index contributed by atoms with van der Waals surface area (Å²) in [6, 6.07) is 10.9. The fourth-order valence-corrected chi connectivity index (χ4v) is 2.45. The summed E-state index contributed by atoms with van der Waals surface area (Å²) in [7, 11) is 1.49. The van der Waals surface area contributed by atoms with Gasteiger partial charge in [-0.2, -0.15) is 0 Å². The molecule has 138 valence electrons. The molecule has 2 aromatic rings. The summed E-state index contributed by atoms with van der Waals surface area (Å²) in [5.74, 6) is -0.539. The minimum Gasteiger partial charge on any atom is -0.493 e. The number of hydrogen-bond acceptors (Lipinski definition) is 5. The van der Waals surface area contributed by atoms with E-state index in [9.17, 15) is 14.4 Å². The standard InChI is InChI=1S/C19H16N2O6/c1-26-16-9-12(8-14-17(22)21-19(25)20-14)4-7-15(16)27-10-11-2-5-13(6-3-11)18(23)24/h2-9H,10H2,1H3,(H,23,24)(H2,20,21,22,25)/b14-8-. The quantitative estimate of drug-likeness (QED) is 0.532. The Bertz CT molecular complexity index is 934. The highest BCUT2D eigenvalue weighted by molar-refractivity contribution is 6.14. The number of ether oxygens (including phenoxy) is 2. The largest absolute Gasteiger partial charge is 0.493 e. The van der Waals surface area contributed by atoms with Crippen molar-refractivity contribution in [2.24, 2.45) is 0 Å². The van der Waals surface area contributed by atoms with Gasteiger partial charge in [-0.15, -0.1) is 0 Å². The zero-order chi connectivity index (χ0) is 19.4. The SMILES string of the molecule is COc1cc(/C=C2\NC(=O)NC2=O)ccc1OCc1ccc(C(=O)O)cc1. The smallest absolute Gasteiger partial charge is 0.335 e. The molecule has 1 aliphatic heterocycles. The van der Waals surface area contributed by atoms with Crippen LogP contribution in [0.2, 0.25) is 0 Å². The second-order valence-corrected chi connectivity index (χ2v) is 5.67. The number of imide groups is 1. The summed E-state index contributed by atoms with van der Waals surface area (Å²) in [6.07, 6.45) is 1.52. The van der Waals surface area contributed by atoms with Gasteiger partial charge in [-0.25, -0.2) is 9.59 Å². The van der Waals surface area contributed by atoms with Gasteiger partial charge in [0.05, 0.1) is 12.7 Å². The molecule has 27 heavy (non-hydrogen) atoms. The molecule has 0 aliphatic carbocycles. The lowest BCUT2D eigenvalue weighted by Gasteiger charge is -2.12. The van der Waals surface area contributed by atoms with Crippen LogP contribution in [0, 0.1) is 0 Å². The Morgan fingerprint density at radius 2 is 1.81 bits per heavy atom. The fraction of sp³-hybridized carbons (Fsp3) is 0.105. The Kier molecular flexibility index (Phi) is 5.07. The minimum absolute atomic E-state index is 0.147. The predicted molar refractivity (Wildman–Crippen MR) is 95.4 cm³/mol. The summed E-state index contributed by atoms with van der Waals surface area (Å²) >= 11 is 0. The van der Waals surface area contributed by atoms with E-state index in [0.717, 1.165) is 5.56 Å². The molecule has 8 nitrogen and oxygen atoms in total. The number of carbonyl (C=O) groups is 3. The van der Waals surface area contributed by atoms with Gasteiger partial charge in [0.1, 0.15) is 12.3 Å². The van der Waals surface area contributed by atoms with Crippen molar-refractivity contribution in [3.05, 3.63) is 64.9 Å². The van der Waals surface area contributed by atoms with E-state index in [1.165, 1.54) is 25.3 Å². The van der Waals surface area contributed by atoms with Crippen molar-refractivity contribution in [2.45, 2.75) is 6.61 Å². The third-order valence-electron chi connectivity index (χ3n) is 3.81. The molecule has 3 amide bonds. The van der Waals surface area contributed by atoms with Crippen LogP contribution in [-0.2, 0) is 11.4 Å². The molecule has 1 aliphatic rings. The Morgan fingerprint density at radius 1 is 1.07 bits per heavy atom. The van der Waals surface area contributed by atoms with E-state index < -0.39 is 17.9 Å². The number of hydrogen-bond donors (Lipinski definition) is 3. The number of benzene rings is 2. The van der Waals surface area contributed by atoms with Crippen molar-refractivity contribution in [3.63, 3.8) is 0 Å². The van der Waals surface area contributed by atoms with Gasteiger partial charge in [-0.1, -0.05) is 18.2 Å². The number of nitrogens with one attached hydrogen (secondary N) is 2. The second-order valence-electron chi connectivity index (χ2n) is 5.67. The Labute approximate surface area is 154 Å². The summed E-state index contributed by atoms with van der Waals surface area (Å²) in [5, 5.41) is 13.4. The van der Waals surface area contributed by atoms with Crippen molar-refractivity contribution in [2.75, 3.05) is 7.11 Å². The van der Waals surface area contributed by atoms with Crippen LogP contribution in [0.1, 0.15) is 21.5 Å². The zero-order valence-corrected chi connectivity index (χ0v) is 14.3. The molecular formula is C19H16N2O6. The number of rotatable bonds is 6. The molecule has 0 saturated carbocycles. The number of amides is 3. The van der Waals surface area contributed by atoms with Gasteiger partial charge in [0, 0.05) is 0 Å². The molecule has 1 saturated heterocycles. The van der Waals surface area contributed by atoms with Crippen LogP contribution in [-0.4, -0.2) is 30.1 Å². The van der Waals surface area contributed by atoms with E-state index in [1.807, 2.05) is 0 Å². The number of methoxy groups -OCH3 is 1. The molecule has 3 N–H and O–H groups in total. The van der Waals surface area contributed by atoms with E-state index in [2.05, 4.69) is 10.6 Å². The summed E-state index contributed by atoms with van der Waals surface area (Å²) < 4.78 is 11.1. The maximum Gasteiger partial charge on any atom is 0.335 e. The molecule has 0 atom stereocenters. The number of carbonyl (C=O) groups excluding carboxylic acids is 2. The zero-order valence-electron chi connectivity index (χ0n) is 14.3. The van der Waals surface area contributed by atoms with Gasteiger partial charge in [0.2, 0.25) is 0 Å². The van der Waals surface area contributed by atoms with Crippen molar-refractivity contribution in [1.82, 2.24) is 10.6 Å². The highest BCUT2D eigenvalue weighted by Crippen LogP contribution is 2.29. The Hall–Kier alpha value is -3.81. The second kappa shape index (κ2) is 7.61. The van der Waals surface area contributed by atoms with Crippen LogP contribution in [0.5, 0.6) is 11.5 Å². The van der Waals surface area contributed by atoms with Gasteiger partial charge in [-0.05, 0) is 41.5 Å². The normalized spacial score (nSPS) is 14.6. The van der Waals surface area contributed by atoms with Gasteiger partial charge >= 0.3 is 12.0 Å². The maximum atomic E-state index is 11.6. The highest BCUT2D eigenvalue weighted by atomic mass is 16.5. The Morgan fingerprint density at radius 3 is 2.41 bits per heavy atom. The molecule has 2 aromatic carbocycles. The number of aromatic carboxylic acids is 1. The molecule has 1 heterocycles. The molecule has 3 rings (SSSR count). The molecule has 0 radical (unpaired) electrons. The van der Waals surface area contributed by atoms with Gasteiger partial charge in [0.15, 0.2) is 11.5 Å². The van der Waals surface area contributed by atoms with Crippen LogP contribution in [0.25, 0.3) is 6.08 Å². The van der Waals surface area contributed by atoms with Gasteiger partial charge in [0.25, 0.3) is 5.91 Å². The molecule has 0 unspecified atom stereocenters. The number of carboxylic acid groups (broad SMARTS) is 1. The van der Waals surface area contributed by atoms with Crippen molar-refractivity contribution in [3.8, 4) is 11.5 Å². The van der Waals surface area contributed by atoms with Gasteiger partial charge in [-0.3, -0.25) is 10.1 Å². The first-order valence-electron chi connectivity index (χ1n) is 7.93. The third kappa shape index (κ3) is 4.24. The molecule has 0 spiro atoms. The van der Waals surface area contributed by atoms with Crippen molar-refractivity contribution >= 4 is 24.0 Å². The summed E-state index contributed by atoms with van der Waals surface area (Å²) in [6.45, 7) is 0.231. The van der Waals surface area contributed by atoms with Crippen LogP contribution in [0.3, 0.4) is 0 Å². The average molecular weight is 368 g/mol. The van der Waals surface area contributed by atoms with E-state index >= 15 is 0 Å². The number of urea groups is 1. The molecule has 1 fully saturated rings. The first-order chi connectivity index (χ1) is 13.0. The first kappa shape index (κ1) is 18.0.